The van der Waals surface area contributed by atoms with Crippen LogP contribution in [-0.4, -0.2) is 31.2 Å². The number of nitrogen functional groups attached to an aromatic ring is 1. The van der Waals surface area contributed by atoms with Crippen molar-refractivity contribution in [3.63, 3.8) is 0 Å². The van der Waals surface area contributed by atoms with Crippen molar-refractivity contribution < 1.29 is 19.1 Å². The van der Waals surface area contributed by atoms with E-state index in [0.717, 1.165) is 29.7 Å². The van der Waals surface area contributed by atoms with E-state index in [1.165, 1.54) is 32.1 Å². The quantitative estimate of drug-likeness (QED) is 0.0766. The molecular formula is C36H44BrCl2N3O4. The second kappa shape index (κ2) is 18.5. The van der Waals surface area contributed by atoms with Crippen LogP contribution in [0.3, 0.4) is 0 Å². The fourth-order valence-electron chi connectivity index (χ4n) is 5.93. The molecule has 0 aliphatic heterocycles. The molecule has 10 heteroatoms. The van der Waals surface area contributed by atoms with Crippen molar-refractivity contribution in [3.8, 4) is 0 Å². The topological polar surface area (TPSA) is 103 Å². The normalized spacial score (nSPS) is 14.1. The van der Waals surface area contributed by atoms with Gasteiger partial charge in [-0.25, -0.2) is 4.79 Å². The van der Waals surface area contributed by atoms with Crippen molar-refractivity contribution in [2.24, 2.45) is 5.92 Å². The Bertz CT molecular complexity index is 1440. The first-order valence-electron chi connectivity index (χ1n) is 16.2. The number of ether oxygens (including phenoxy) is 2. The largest absolute Gasteiger partial charge is 0.465 e. The van der Waals surface area contributed by atoms with Crippen LogP contribution in [0.2, 0.25) is 10.0 Å². The first-order valence-corrected chi connectivity index (χ1v) is 17.7. The standard InChI is InChI=1S/C36H44BrCl2N3O4/c1-2-31(24-12-5-3-6-13-24)41-23-27-20-26(21-28(37)34(27)40)36(44)46-19-10-4-9-18-45-33(43)22-25-14-7-8-17-32(25)42-35-29(38)15-11-16-30(35)39/h7-8,11,14-17,20-21,24,31,41-42H,2-6,9-10,12-13,18-19,22-23,40H2,1H3. The van der Waals surface area contributed by atoms with Gasteiger partial charge in [0.15, 0.2) is 0 Å². The Morgan fingerprint density at radius 3 is 2.35 bits per heavy atom. The van der Waals surface area contributed by atoms with Crippen molar-refractivity contribution in [1.82, 2.24) is 5.32 Å². The van der Waals surface area contributed by atoms with Crippen LogP contribution in [0.5, 0.6) is 0 Å². The van der Waals surface area contributed by atoms with Crippen LogP contribution in [0.1, 0.15) is 86.2 Å². The summed E-state index contributed by atoms with van der Waals surface area (Å²) in [5.41, 5.74) is 10.5. The van der Waals surface area contributed by atoms with E-state index in [2.05, 4.69) is 33.5 Å². The summed E-state index contributed by atoms with van der Waals surface area (Å²) >= 11 is 16.1. The molecule has 0 aromatic heterocycles. The molecule has 1 unspecified atom stereocenters. The Balaban J connectivity index is 1.17. The minimum absolute atomic E-state index is 0.108. The van der Waals surface area contributed by atoms with Crippen LogP contribution in [0.15, 0.2) is 59.1 Å². The number of halogens is 3. The summed E-state index contributed by atoms with van der Waals surface area (Å²) in [7, 11) is 0. The van der Waals surface area contributed by atoms with Crippen LogP contribution < -0.4 is 16.4 Å². The maximum Gasteiger partial charge on any atom is 0.338 e. The lowest BCUT2D eigenvalue weighted by Crippen LogP contribution is -2.36. The molecule has 1 aliphatic rings. The third kappa shape index (κ3) is 10.6. The van der Waals surface area contributed by atoms with Crippen LogP contribution in [-0.2, 0) is 27.2 Å². The number of para-hydroxylation sites is 2. The third-order valence-corrected chi connectivity index (χ3v) is 9.81. The van der Waals surface area contributed by atoms with Crippen molar-refractivity contribution >= 4 is 68.1 Å². The average molecular weight is 734 g/mol. The monoisotopic (exact) mass is 731 g/mol. The second-order valence-corrected chi connectivity index (χ2v) is 13.5. The van der Waals surface area contributed by atoms with E-state index in [1.54, 1.807) is 24.3 Å². The number of esters is 2. The number of hydrogen-bond donors (Lipinski definition) is 3. The van der Waals surface area contributed by atoms with Crippen molar-refractivity contribution in [2.45, 2.75) is 83.7 Å². The molecular weight excluding hydrogens is 689 g/mol. The van der Waals surface area contributed by atoms with Gasteiger partial charge in [0, 0.05) is 22.7 Å². The van der Waals surface area contributed by atoms with Crippen molar-refractivity contribution in [2.75, 3.05) is 24.3 Å². The zero-order valence-electron chi connectivity index (χ0n) is 26.4. The van der Waals surface area contributed by atoms with Gasteiger partial charge < -0.3 is 25.8 Å². The summed E-state index contributed by atoms with van der Waals surface area (Å²) < 4.78 is 11.7. The molecule has 1 atom stereocenters. The SMILES string of the molecule is CCC(NCc1cc(C(=O)OCCCCCOC(=O)Cc2ccccc2Nc2c(Cl)cccc2Cl)cc(Br)c1N)C1CCCCC1. The molecule has 3 aromatic carbocycles. The van der Waals surface area contributed by atoms with E-state index in [4.69, 9.17) is 38.4 Å². The molecule has 248 valence electrons. The maximum atomic E-state index is 12.8. The van der Waals surface area contributed by atoms with Crippen LogP contribution in [0.25, 0.3) is 0 Å². The third-order valence-electron chi connectivity index (χ3n) is 8.52. The molecule has 0 spiro atoms. The molecule has 0 saturated heterocycles. The Hall–Kier alpha value is -2.78. The summed E-state index contributed by atoms with van der Waals surface area (Å²) in [6.45, 7) is 3.41. The van der Waals surface area contributed by atoms with E-state index in [1.807, 2.05) is 30.3 Å². The van der Waals surface area contributed by atoms with Gasteiger partial charge in [0.2, 0.25) is 0 Å². The number of hydrogen-bond acceptors (Lipinski definition) is 7. The summed E-state index contributed by atoms with van der Waals surface area (Å²) in [6, 6.07) is 16.7. The molecule has 0 amide bonds. The van der Waals surface area contributed by atoms with E-state index in [-0.39, 0.29) is 25.0 Å². The molecule has 1 saturated carbocycles. The second-order valence-electron chi connectivity index (χ2n) is 11.8. The van der Waals surface area contributed by atoms with Gasteiger partial charge in [0.25, 0.3) is 0 Å². The molecule has 4 rings (SSSR count). The van der Waals surface area contributed by atoms with Gasteiger partial charge in [0.1, 0.15) is 0 Å². The molecule has 0 bridgehead atoms. The summed E-state index contributed by atoms with van der Waals surface area (Å²) in [4.78, 5) is 25.4. The van der Waals surface area contributed by atoms with E-state index in [0.29, 0.717) is 69.4 Å². The number of unbranched alkanes of at least 4 members (excludes halogenated alkanes) is 2. The lowest BCUT2D eigenvalue weighted by molar-refractivity contribution is -0.142. The summed E-state index contributed by atoms with van der Waals surface area (Å²) in [5.74, 6) is -0.00798. The highest BCUT2D eigenvalue weighted by molar-refractivity contribution is 9.10. The number of nitrogens with one attached hydrogen (secondary N) is 2. The lowest BCUT2D eigenvalue weighted by Gasteiger charge is -2.30. The molecule has 0 radical (unpaired) electrons. The van der Waals surface area contributed by atoms with Gasteiger partial charge >= 0.3 is 11.9 Å². The van der Waals surface area contributed by atoms with Gasteiger partial charge in [-0.15, -0.1) is 0 Å². The minimum atomic E-state index is -0.377. The number of benzene rings is 3. The van der Waals surface area contributed by atoms with Crippen LogP contribution in [0.4, 0.5) is 17.1 Å². The highest BCUT2D eigenvalue weighted by atomic mass is 79.9. The minimum Gasteiger partial charge on any atom is -0.465 e. The van der Waals surface area contributed by atoms with Crippen molar-refractivity contribution in [3.05, 3.63) is 85.8 Å². The highest BCUT2D eigenvalue weighted by Crippen LogP contribution is 2.34. The van der Waals surface area contributed by atoms with Crippen LogP contribution in [0, 0.1) is 5.92 Å². The molecule has 46 heavy (non-hydrogen) atoms. The Labute approximate surface area is 291 Å². The van der Waals surface area contributed by atoms with Gasteiger partial charge in [-0.05, 0) is 102 Å². The van der Waals surface area contributed by atoms with Crippen molar-refractivity contribution in [1.29, 1.82) is 0 Å². The number of rotatable bonds is 16. The zero-order chi connectivity index (χ0) is 32.9. The maximum absolute atomic E-state index is 12.8. The average Bonchev–Trinajstić information content (AvgIpc) is 3.05. The van der Waals surface area contributed by atoms with Gasteiger partial charge in [0.05, 0.1) is 46.6 Å². The van der Waals surface area contributed by atoms with Gasteiger partial charge in [-0.3, -0.25) is 4.79 Å². The molecule has 7 nitrogen and oxygen atoms in total. The van der Waals surface area contributed by atoms with E-state index >= 15 is 0 Å². The number of anilines is 3. The fourth-order valence-corrected chi connectivity index (χ4v) is 6.92. The Kier molecular flexibility index (Phi) is 14.5. The predicted octanol–water partition coefficient (Wildman–Crippen LogP) is 9.64. The first kappa shape index (κ1) is 36.1. The Morgan fingerprint density at radius 2 is 1.63 bits per heavy atom. The van der Waals surface area contributed by atoms with E-state index < -0.39 is 0 Å². The smallest absolute Gasteiger partial charge is 0.338 e. The van der Waals surface area contributed by atoms with Crippen LogP contribution >= 0.6 is 39.1 Å². The first-order chi connectivity index (χ1) is 22.3. The molecule has 0 heterocycles. The van der Waals surface area contributed by atoms with E-state index in [9.17, 15) is 9.59 Å². The summed E-state index contributed by atoms with van der Waals surface area (Å²) in [6.07, 6.45) is 9.75. The number of carbonyl (C=O) groups excluding carboxylic acids is 2. The van der Waals surface area contributed by atoms with Gasteiger partial charge in [-0.2, -0.15) is 0 Å². The van der Waals surface area contributed by atoms with Gasteiger partial charge in [-0.1, -0.05) is 73.7 Å². The highest BCUT2D eigenvalue weighted by Gasteiger charge is 2.22. The molecule has 1 aliphatic carbocycles. The number of nitrogens with two attached hydrogens (primary N) is 1. The zero-order valence-corrected chi connectivity index (χ0v) is 29.5. The lowest BCUT2D eigenvalue weighted by atomic mass is 9.83. The number of carbonyl (C=O) groups is 2. The molecule has 3 aromatic rings. The summed E-state index contributed by atoms with van der Waals surface area (Å²) in [5, 5.41) is 7.91. The molecule has 1 fully saturated rings. The Morgan fingerprint density at radius 1 is 0.935 bits per heavy atom. The predicted molar refractivity (Wildman–Crippen MR) is 191 cm³/mol. The molecule has 4 N–H and O–H groups in total. The fraction of sp³-hybridized carbons (Fsp3) is 0.444.